The lowest BCUT2D eigenvalue weighted by molar-refractivity contribution is -0.138. The number of nitriles is 1. The summed E-state index contributed by atoms with van der Waals surface area (Å²) in [6, 6.07) is 8.95. The number of aromatic nitrogens is 4. The van der Waals surface area contributed by atoms with E-state index in [9.17, 15) is 31.5 Å². The van der Waals surface area contributed by atoms with Crippen molar-refractivity contribution in [3.63, 3.8) is 0 Å². The van der Waals surface area contributed by atoms with E-state index in [1.165, 1.54) is 25.2 Å². The molecule has 0 saturated carbocycles. The Morgan fingerprint density at radius 2 is 1.75 bits per heavy atom. The van der Waals surface area contributed by atoms with Gasteiger partial charge in [-0.25, -0.2) is 18.7 Å². The Kier molecular flexibility index (Phi) is 6.19. The molecule has 2 aromatic carbocycles. The summed E-state index contributed by atoms with van der Waals surface area (Å²) in [7, 11) is 1.35. The molecule has 4 aromatic rings. The topological polar surface area (TPSA) is 106 Å². The molecule has 13 heteroatoms. The first-order valence-corrected chi connectivity index (χ1v) is 10.1. The number of hydrogen-bond acceptors (Lipinski definition) is 5. The Morgan fingerprint density at radius 1 is 1.06 bits per heavy atom. The van der Waals surface area contributed by atoms with Gasteiger partial charge in [-0.1, -0.05) is 12.1 Å². The third-order valence-corrected chi connectivity index (χ3v) is 5.27. The zero-order chi connectivity index (χ0) is 26.2. The van der Waals surface area contributed by atoms with E-state index in [0.717, 1.165) is 33.5 Å². The SMILES string of the molecule is Cn1c(Cn2ccc(C(F)(F)F)c(Oc3ccc(-c4ccc(F)c(C#N)c4)cc3F)c2=O)n[nH]c1=O. The fraction of sp³-hybridized carbons (Fsp3) is 0.130. The maximum Gasteiger partial charge on any atom is 0.420 e. The number of benzene rings is 2. The minimum atomic E-state index is -5.00. The molecular formula is C23H14F5N5O3. The highest BCUT2D eigenvalue weighted by Crippen LogP contribution is 2.37. The predicted octanol–water partition coefficient (Wildman–Crippen LogP) is 3.95. The van der Waals surface area contributed by atoms with Crippen LogP contribution in [0.5, 0.6) is 11.5 Å². The highest BCUT2D eigenvalue weighted by Gasteiger charge is 2.37. The molecule has 2 heterocycles. The first kappa shape index (κ1) is 24.4. The van der Waals surface area contributed by atoms with Gasteiger partial charge in [0.05, 0.1) is 12.1 Å². The first-order valence-electron chi connectivity index (χ1n) is 10.1. The van der Waals surface area contributed by atoms with Crippen LogP contribution in [-0.4, -0.2) is 19.3 Å². The summed E-state index contributed by atoms with van der Waals surface area (Å²) < 4.78 is 76.3. The van der Waals surface area contributed by atoms with Gasteiger partial charge < -0.3 is 9.30 Å². The Balaban J connectivity index is 1.74. The number of aromatic amines is 1. The van der Waals surface area contributed by atoms with Crippen LogP contribution in [0.25, 0.3) is 11.1 Å². The van der Waals surface area contributed by atoms with Crippen molar-refractivity contribution in [3.05, 3.63) is 98.1 Å². The van der Waals surface area contributed by atoms with E-state index in [2.05, 4.69) is 10.2 Å². The lowest BCUT2D eigenvalue weighted by Crippen LogP contribution is -2.26. The van der Waals surface area contributed by atoms with Crippen LogP contribution in [0.4, 0.5) is 22.0 Å². The third-order valence-electron chi connectivity index (χ3n) is 5.27. The molecule has 0 aliphatic carbocycles. The zero-order valence-electron chi connectivity index (χ0n) is 18.2. The molecule has 0 aliphatic rings. The van der Waals surface area contributed by atoms with Gasteiger partial charge in [0.25, 0.3) is 5.56 Å². The van der Waals surface area contributed by atoms with Crippen LogP contribution in [0.15, 0.2) is 58.3 Å². The van der Waals surface area contributed by atoms with Crippen molar-refractivity contribution in [1.29, 1.82) is 5.26 Å². The monoisotopic (exact) mass is 503 g/mol. The van der Waals surface area contributed by atoms with Crippen molar-refractivity contribution in [2.45, 2.75) is 12.7 Å². The lowest BCUT2D eigenvalue weighted by Gasteiger charge is -2.16. The van der Waals surface area contributed by atoms with Crippen molar-refractivity contribution in [1.82, 2.24) is 19.3 Å². The molecule has 2 aromatic heterocycles. The van der Waals surface area contributed by atoms with E-state index in [4.69, 9.17) is 10.00 Å². The van der Waals surface area contributed by atoms with Crippen LogP contribution in [0.1, 0.15) is 17.0 Å². The maximum absolute atomic E-state index is 14.8. The van der Waals surface area contributed by atoms with Gasteiger partial charge in [-0.3, -0.25) is 9.36 Å². The quantitative estimate of drug-likeness (QED) is 0.416. The van der Waals surface area contributed by atoms with Crippen LogP contribution >= 0.6 is 0 Å². The standard InChI is InChI=1S/C23H14F5N5O3/c1-32-19(30-31-22(32)35)11-33-7-6-15(23(26,27)28)20(21(33)34)36-18-5-3-13(9-17(18)25)12-2-4-16(24)14(8-12)10-29/h2-9H,11H2,1H3,(H,31,35). The van der Waals surface area contributed by atoms with E-state index >= 15 is 0 Å². The molecule has 0 bridgehead atoms. The molecule has 184 valence electrons. The fourth-order valence-electron chi connectivity index (χ4n) is 3.34. The summed E-state index contributed by atoms with van der Waals surface area (Å²) >= 11 is 0. The summed E-state index contributed by atoms with van der Waals surface area (Å²) in [5.74, 6) is -3.66. The summed E-state index contributed by atoms with van der Waals surface area (Å²) in [6.07, 6.45) is -4.14. The van der Waals surface area contributed by atoms with Crippen LogP contribution in [0.3, 0.4) is 0 Å². The van der Waals surface area contributed by atoms with Gasteiger partial charge in [-0.15, -0.1) is 0 Å². The number of rotatable bonds is 5. The smallest absolute Gasteiger partial charge is 0.420 e. The molecule has 0 unspecified atom stereocenters. The third kappa shape index (κ3) is 4.61. The molecule has 0 saturated heterocycles. The average molecular weight is 503 g/mol. The molecule has 1 N–H and O–H groups in total. The number of alkyl halides is 3. The van der Waals surface area contributed by atoms with Gasteiger partial charge in [0.2, 0.25) is 5.75 Å². The Hall–Kier alpha value is -4.73. The zero-order valence-corrected chi connectivity index (χ0v) is 18.2. The van der Waals surface area contributed by atoms with E-state index < -0.39 is 46.1 Å². The van der Waals surface area contributed by atoms with Crippen LogP contribution in [-0.2, 0) is 19.8 Å². The van der Waals surface area contributed by atoms with Crippen molar-refractivity contribution >= 4 is 0 Å². The van der Waals surface area contributed by atoms with E-state index in [1.807, 2.05) is 0 Å². The predicted molar refractivity (Wildman–Crippen MR) is 115 cm³/mol. The molecule has 8 nitrogen and oxygen atoms in total. The minimum Gasteiger partial charge on any atom is -0.448 e. The fourth-order valence-corrected chi connectivity index (χ4v) is 3.34. The molecule has 0 radical (unpaired) electrons. The van der Waals surface area contributed by atoms with Crippen LogP contribution < -0.4 is 16.0 Å². The Bertz CT molecular complexity index is 1630. The largest absolute Gasteiger partial charge is 0.448 e. The highest BCUT2D eigenvalue weighted by molar-refractivity contribution is 5.66. The summed E-state index contributed by atoms with van der Waals surface area (Å²) in [4.78, 5) is 24.4. The number of nitrogens with zero attached hydrogens (tertiary/aromatic N) is 4. The minimum absolute atomic E-state index is 0.0550. The van der Waals surface area contributed by atoms with Crippen molar-refractivity contribution in [3.8, 4) is 28.7 Å². The molecule has 36 heavy (non-hydrogen) atoms. The van der Waals surface area contributed by atoms with Crippen molar-refractivity contribution in [2.75, 3.05) is 0 Å². The first-order chi connectivity index (χ1) is 17.0. The van der Waals surface area contributed by atoms with Crippen molar-refractivity contribution in [2.24, 2.45) is 7.05 Å². The molecule has 0 spiro atoms. The van der Waals surface area contributed by atoms with Gasteiger partial charge in [-0.05, 0) is 41.5 Å². The number of pyridine rings is 1. The molecule has 0 fully saturated rings. The van der Waals surface area contributed by atoms with Gasteiger partial charge in [0, 0.05) is 13.2 Å². The van der Waals surface area contributed by atoms with Gasteiger partial charge >= 0.3 is 11.9 Å². The lowest BCUT2D eigenvalue weighted by atomic mass is 10.0. The molecule has 0 atom stereocenters. The van der Waals surface area contributed by atoms with Gasteiger partial charge in [0.1, 0.15) is 17.4 Å². The molecular weight excluding hydrogens is 489 g/mol. The van der Waals surface area contributed by atoms with Gasteiger partial charge in [-0.2, -0.15) is 23.5 Å². The molecule has 4 rings (SSSR count). The summed E-state index contributed by atoms with van der Waals surface area (Å²) in [5, 5.41) is 14.8. The second-order valence-electron chi connectivity index (χ2n) is 7.55. The Morgan fingerprint density at radius 3 is 2.36 bits per heavy atom. The van der Waals surface area contributed by atoms with E-state index in [0.29, 0.717) is 6.07 Å². The van der Waals surface area contributed by atoms with Gasteiger partial charge in [0.15, 0.2) is 17.4 Å². The number of hydrogen-bond donors (Lipinski definition) is 1. The number of ether oxygens (including phenoxy) is 1. The van der Waals surface area contributed by atoms with Crippen molar-refractivity contribution < 1.29 is 26.7 Å². The molecule has 0 amide bonds. The Labute approximate surface area is 198 Å². The van der Waals surface area contributed by atoms with E-state index in [1.54, 1.807) is 6.07 Å². The number of nitrogens with one attached hydrogen (secondary N) is 1. The summed E-state index contributed by atoms with van der Waals surface area (Å²) in [5.41, 5.74) is -3.06. The van der Waals surface area contributed by atoms with Crippen LogP contribution in [0.2, 0.25) is 0 Å². The number of H-pyrrole nitrogens is 1. The second-order valence-corrected chi connectivity index (χ2v) is 7.55. The van der Waals surface area contributed by atoms with E-state index in [-0.39, 0.29) is 29.1 Å². The number of halogens is 5. The summed E-state index contributed by atoms with van der Waals surface area (Å²) in [6.45, 7) is -0.365. The van der Waals surface area contributed by atoms with Crippen LogP contribution in [0, 0.1) is 23.0 Å². The highest BCUT2D eigenvalue weighted by atomic mass is 19.4. The molecule has 0 aliphatic heterocycles. The average Bonchev–Trinajstić information content (AvgIpc) is 3.14. The maximum atomic E-state index is 14.8. The second kappa shape index (κ2) is 9.14. The normalized spacial score (nSPS) is 11.4.